The van der Waals surface area contributed by atoms with Gasteiger partial charge in [-0.1, -0.05) is 41.7 Å². The van der Waals surface area contributed by atoms with Crippen LogP contribution in [0, 0.1) is 6.92 Å². The van der Waals surface area contributed by atoms with Crippen molar-refractivity contribution in [3.8, 4) is 0 Å². The zero-order chi connectivity index (χ0) is 16.2. The number of hydrogen-bond donors (Lipinski definition) is 2. The summed E-state index contributed by atoms with van der Waals surface area (Å²) in [5.41, 5.74) is 2.17. The minimum Gasteiger partial charge on any atom is -0.346 e. The van der Waals surface area contributed by atoms with E-state index in [-0.39, 0.29) is 23.4 Å². The lowest BCUT2D eigenvalue weighted by atomic mass is 10.2. The van der Waals surface area contributed by atoms with Crippen LogP contribution >= 0.6 is 11.3 Å². The molecule has 5 nitrogen and oxygen atoms in total. The lowest BCUT2D eigenvalue weighted by Gasteiger charge is -2.14. The van der Waals surface area contributed by atoms with E-state index in [1.165, 1.54) is 15.0 Å². The minimum absolute atomic E-state index is 0.0691. The molecule has 1 fully saturated rings. The summed E-state index contributed by atoms with van der Waals surface area (Å²) in [5.74, 6) is -0.0699. The van der Waals surface area contributed by atoms with Crippen molar-refractivity contribution in [2.24, 2.45) is 0 Å². The maximum absolute atomic E-state index is 12.2. The monoisotopic (exact) mass is 332 g/mol. The molecule has 2 heterocycles. The smallest absolute Gasteiger partial charge is 0.307 e. The number of carbonyl (C=O) groups excluding carboxylic acids is 1. The number of aryl methyl sites for hydroxylation is 1. The van der Waals surface area contributed by atoms with E-state index >= 15 is 0 Å². The van der Waals surface area contributed by atoms with Gasteiger partial charge in [0.1, 0.15) is 13.1 Å². The van der Waals surface area contributed by atoms with Crippen molar-refractivity contribution in [2.75, 3.05) is 13.1 Å². The van der Waals surface area contributed by atoms with Gasteiger partial charge >= 0.3 is 4.87 Å². The van der Waals surface area contributed by atoms with Crippen LogP contribution in [0.5, 0.6) is 0 Å². The second-order valence-corrected chi connectivity index (χ2v) is 6.97. The fourth-order valence-corrected chi connectivity index (χ4v) is 3.85. The summed E-state index contributed by atoms with van der Waals surface area (Å²) in [6.45, 7) is 4.98. The Morgan fingerprint density at radius 3 is 2.87 bits per heavy atom. The van der Waals surface area contributed by atoms with Gasteiger partial charge in [-0.25, -0.2) is 0 Å². The molecule has 1 aliphatic heterocycles. The SMILES string of the molecule is Cc1csc(=O)n1CC(=O)N[C@@H]1CC[NH+](Cc2ccccc2)C1. The first-order chi connectivity index (χ1) is 11.1. The normalized spacial score (nSPS) is 20.6. The van der Waals surface area contributed by atoms with Gasteiger partial charge < -0.3 is 10.2 Å². The molecule has 2 atom stereocenters. The Morgan fingerprint density at radius 1 is 1.39 bits per heavy atom. The highest BCUT2D eigenvalue weighted by atomic mass is 32.1. The molecule has 1 aromatic carbocycles. The molecule has 23 heavy (non-hydrogen) atoms. The van der Waals surface area contributed by atoms with E-state index in [1.54, 1.807) is 5.38 Å². The summed E-state index contributed by atoms with van der Waals surface area (Å²) in [7, 11) is 0. The summed E-state index contributed by atoms with van der Waals surface area (Å²) in [6.07, 6.45) is 0.991. The van der Waals surface area contributed by atoms with Crippen LogP contribution in [0.25, 0.3) is 0 Å². The molecule has 0 spiro atoms. The van der Waals surface area contributed by atoms with Gasteiger partial charge in [0.25, 0.3) is 0 Å². The predicted octanol–water partition coefficient (Wildman–Crippen LogP) is 0.192. The second-order valence-electron chi connectivity index (χ2n) is 6.15. The molecular formula is C17H22N3O2S+. The third-order valence-electron chi connectivity index (χ3n) is 4.32. The number of aromatic nitrogens is 1. The van der Waals surface area contributed by atoms with E-state index in [4.69, 9.17) is 0 Å². The molecule has 3 rings (SSSR count). The van der Waals surface area contributed by atoms with Crippen LogP contribution in [-0.4, -0.2) is 29.6 Å². The fourth-order valence-electron chi connectivity index (χ4n) is 3.11. The number of hydrogen-bond acceptors (Lipinski definition) is 3. The third kappa shape index (κ3) is 4.09. The number of thiazole rings is 1. The zero-order valence-corrected chi connectivity index (χ0v) is 14.1. The van der Waals surface area contributed by atoms with Crippen LogP contribution in [0.15, 0.2) is 40.5 Å². The Bertz CT molecular complexity index is 723. The fraction of sp³-hybridized carbons (Fsp3) is 0.412. The van der Waals surface area contributed by atoms with Gasteiger partial charge in [-0.15, -0.1) is 0 Å². The Hall–Kier alpha value is -1.92. The molecule has 2 aromatic rings. The van der Waals surface area contributed by atoms with Crippen molar-refractivity contribution >= 4 is 17.2 Å². The molecule has 0 saturated carbocycles. The lowest BCUT2D eigenvalue weighted by Crippen LogP contribution is -3.09. The van der Waals surface area contributed by atoms with E-state index < -0.39 is 0 Å². The molecule has 1 amide bonds. The standard InChI is InChI=1S/C17H21N3O2S/c1-13-12-23-17(22)20(13)11-16(21)18-15-7-8-19(10-15)9-14-5-3-2-4-6-14/h2-6,12,15H,7-11H2,1H3,(H,18,21)/p+1/t15-/m1/s1. The van der Waals surface area contributed by atoms with Crippen molar-refractivity contribution in [1.82, 2.24) is 9.88 Å². The van der Waals surface area contributed by atoms with Crippen molar-refractivity contribution in [2.45, 2.75) is 32.5 Å². The molecule has 6 heteroatoms. The number of amides is 1. The van der Waals surface area contributed by atoms with Crippen molar-refractivity contribution < 1.29 is 9.69 Å². The first kappa shape index (κ1) is 16.0. The molecule has 0 aliphatic carbocycles. The third-order valence-corrected chi connectivity index (χ3v) is 5.20. The van der Waals surface area contributed by atoms with Crippen LogP contribution < -0.4 is 15.1 Å². The number of nitrogens with one attached hydrogen (secondary N) is 2. The van der Waals surface area contributed by atoms with Gasteiger partial charge in [0.05, 0.1) is 19.1 Å². The predicted molar refractivity (Wildman–Crippen MR) is 90.7 cm³/mol. The number of quaternary nitrogens is 1. The van der Waals surface area contributed by atoms with E-state index in [9.17, 15) is 9.59 Å². The van der Waals surface area contributed by atoms with Crippen molar-refractivity contribution in [1.29, 1.82) is 0 Å². The molecule has 1 unspecified atom stereocenters. The summed E-state index contributed by atoms with van der Waals surface area (Å²) in [6, 6.07) is 10.6. The Balaban J connectivity index is 1.50. The average Bonchev–Trinajstić information content (AvgIpc) is 3.09. The van der Waals surface area contributed by atoms with Crippen LogP contribution in [-0.2, 0) is 17.9 Å². The van der Waals surface area contributed by atoms with Crippen LogP contribution in [0.3, 0.4) is 0 Å². The summed E-state index contributed by atoms with van der Waals surface area (Å²) in [5, 5.41) is 4.86. The minimum atomic E-state index is -0.0699. The molecule has 0 bridgehead atoms. The maximum atomic E-state index is 12.2. The first-order valence-corrected chi connectivity index (χ1v) is 8.81. The Labute approximate surface area is 139 Å². The molecular weight excluding hydrogens is 310 g/mol. The van der Waals surface area contributed by atoms with Crippen molar-refractivity contribution in [3.05, 3.63) is 56.6 Å². The topological polar surface area (TPSA) is 55.5 Å². The maximum Gasteiger partial charge on any atom is 0.307 e. The van der Waals surface area contributed by atoms with E-state index in [1.807, 2.05) is 13.0 Å². The second kappa shape index (κ2) is 7.10. The quantitative estimate of drug-likeness (QED) is 0.821. The van der Waals surface area contributed by atoms with Gasteiger partial charge in [-0.05, 0) is 6.92 Å². The summed E-state index contributed by atoms with van der Waals surface area (Å²) >= 11 is 1.14. The van der Waals surface area contributed by atoms with E-state index in [0.717, 1.165) is 43.1 Å². The lowest BCUT2D eigenvalue weighted by molar-refractivity contribution is -0.901. The van der Waals surface area contributed by atoms with Gasteiger partial charge in [-0.2, -0.15) is 0 Å². The zero-order valence-electron chi connectivity index (χ0n) is 13.2. The van der Waals surface area contributed by atoms with Gasteiger partial charge in [-0.3, -0.25) is 14.2 Å². The van der Waals surface area contributed by atoms with Gasteiger partial charge in [0, 0.05) is 23.1 Å². The highest BCUT2D eigenvalue weighted by molar-refractivity contribution is 7.07. The first-order valence-electron chi connectivity index (χ1n) is 7.93. The van der Waals surface area contributed by atoms with Crippen molar-refractivity contribution in [3.63, 3.8) is 0 Å². The summed E-state index contributed by atoms with van der Waals surface area (Å²) < 4.78 is 1.53. The van der Waals surface area contributed by atoms with Crippen LogP contribution in [0.2, 0.25) is 0 Å². The number of rotatable bonds is 5. The van der Waals surface area contributed by atoms with E-state index in [2.05, 4.69) is 29.6 Å². The molecule has 1 saturated heterocycles. The average molecular weight is 332 g/mol. The Kier molecular flexibility index (Phi) is 4.93. The van der Waals surface area contributed by atoms with Crippen LogP contribution in [0.4, 0.5) is 0 Å². The Morgan fingerprint density at radius 2 is 2.17 bits per heavy atom. The molecule has 0 radical (unpaired) electrons. The number of likely N-dealkylation sites (tertiary alicyclic amines) is 1. The number of nitrogens with zero attached hydrogens (tertiary/aromatic N) is 1. The molecule has 122 valence electrons. The molecule has 1 aromatic heterocycles. The highest BCUT2D eigenvalue weighted by Crippen LogP contribution is 2.01. The molecule has 1 aliphatic rings. The largest absolute Gasteiger partial charge is 0.346 e. The van der Waals surface area contributed by atoms with Gasteiger partial charge in [0.15, 0.2) is 0 Å². The van der Waals surface area contributed by atoms with E-state index in [0.29, 0.717) is 0 Å². The summed E-state index contributed by atoms with van der Waals surface area (Å²) in [4.78, 5) is 25.2. The number of carbonyl (C=O) groups is 1. The molecule has 2 N–H and O–H groups in total. The highest BCUT2D eigenvalue weighted by Gasteiger charge is 2.27. The van der Waals surface area contributed by atoms with Crippen LogP contribution in [0.1, 0.15) is 17.7 Å². The number of benzene rings is 1. The van der Waals surface area contributed by atoms with Gasteiger partial charge in [0.2, 0.25) is 5.91 Å².